The smallest absolute Gasteiger partial charge is 0.256 e. The molecule has 0 saturated heterocycles. The molecule has 0 aromatic heterocycles. The van der Waals surface area contributed by atoms with Crippen LogP contribution in [0.15, 0.2) is 36.4 Å². The van der Waals surface area contributed by atoms with Gasteiger partial charge in [0.2, 0.25) is 0 Å². The molecule has 2 aromatic carbocycles. The zero-order chi connectivity index (χ0) is 15.0. The van der Waals surface area contributed by atoms with Gasteiger partial charge in [-0.05, 0) is 41.8 Å². The van der Waals surface area contributed by atoms with Gasteiger partial charge in [0, 0.05) is 13.1 Å². The number of amides is 1. The molecule has 5 heteroatoms. The summed E-state index contributed by atoms with van der Waals surface area (Å²) in [5.41, 5.74) is 8.75. The van der Waals surface area contributed by atoms with Gasteiger partial charge < -0.3 is 15.7 Å². The number of nitrogens with zero attached hydrogens (tertiary/aromatic N) is 1. The van der Waals surface area contributed by atoms with Gasteiger partial charge in [-0.25, -0.2) is 0 Å². The van der Waals surface area contributed by atoms with Crippen LogP contribution in [-0.4, -0.2) is 22.5 Å². The monoisotopic (exact) mass is 302 g/mol. The fourth-order valence-electron chi connectivity index (χ4n) is 2.61. The van der Waals surface area contributed by atoms with Crippen LogP contribution in [0.3, 0.4) is 0 Å². The highest BCUT2D eigenvalue weighted by Crippen LogP contribution is 2.27. The first kappa shape index (κ1) is 13.8. The molecule has 3 N–H and O–H groups in total. The molecule has 0 fully saturated rings. The second kappa shape index (κ2) is 5.30. The normalized spacial score (nSPS) is 13.9. The molecule has 3 rings (SSSR count). The summed E-state index contributed by atoms with van der Waals surface area (Å²) in [6.07, 6.45) is 0.766. The van der Waals surface area contributed by atoms with Crippen molar-refractivity contribution in [3.8, 4) is 5.75 Å². The maximum Gasteiger partial charge on any atom is 0.256 e. The number of hydrogen-bond donors (Lipinski definition) is 2. The van der Waals surface area contributed by atoms with Crippen LogP contribution >= 0.6 is 11.6 Å². The summed E-state index contributed by atoms with van der Waals surface area (Å²) in [4.78, 5) is 14.3. The number of anilines is 1. The molecule has 1 aliphatic rings. The Morgan fingerprint density at radius 3 is 2.86 bits per heavy atom. The number of phenols is 1. The summed E-state index contributed by atoms with van der Waals surface area (Å²) in [7, 11) is 0. The van der Waals surface area contributed by atoms with Crippen LogP contribution in [-0.2, 0) is 13.0 Å². The van der Waals surface area contributed by atoms with E-state index >= 15 is 0 Å². The number of aromatic hydroxyl groups is 1. The molecular formula is C16H15ClN2O2. The maximum atomic E-state index is 12.6. The van der Waals surface area contributed by atoms with Gasteiger partial charge >= 0.3 is 0 Å². The number of carbonyl (C=O) groups excluding carboxylic acids is 1. The lowest BCUT2D eigenvalue weighted by Gasteiger charge is -2.29. The Morgan fingerprint density at radius 2 is 2.05 bits per heavy atom. The van der Waals surface area contributed by atoms with E-state index in [1.165, 1.54) is 0 Å². The average Bonchev–Trinajstić information content (AvgIpc) is 2.48. The van der Waals surface area contributed by atoms with Gasteiger partial charge in [-0.3, -0.25) is 4.79 Å². The van der Waals surface area contributed by atoms with Crippen LogP contribution in [0.1, 0.15) is 21.5 Å². The van der Waals surface area contributed by atoms with Crippen LogP contribution in [0.4, 0.5) is 5.69 Å². The van der Waals surface area contributed by atoms with Gasteiger partial charge in [0.15, 0.2) is 0 Å². The molecule has 0 unspecified atom stereocenters. The Balaban J connectivity index is 1.89. The fourth-order valence-corrected chi connectivity index (χ4v) is 2.79. The number of halogens is 1. The lowest BCUT2D eigenvalue weighted by Crippen LogP contribution is -2.36. The maximum absolute atomic E-state index is 12.6. The van der Waals surface area contributed by atoms with Crippen LogP contribution < -0.4 is 5.73 Å². The molecule has 1 aliphatic heterocycles. The van der Waals surface area contributed by atoms with E-state index in [1.54, 1.807) is 35.2 Å². The van der Waals surface area contributed by atoms with E-state index in [9.17, 15) is 9.90 Å². The summed E-state index contributed by atoms with van der Waals surface area (Å²) in [6.45, 7) is 1.09. The van der Waals surface area contributed by atoms with Crippen molar-refractivity contribution in [2.24, 2.45) is 0 Å². The van der Waals surface area contributed by atoms with E-state index in [4.69, 9.17) is 17.3 Å². The number of benzene rings is 2. The third-order valence-corrected chi connectivity index (χ3v) is 4.10. The summed E-state index contributed by atoms with van der Waals surface area (Å²) in [5, 5.41) is 9.95. The Hall–Kier alpha value is -2.20. The molecular weight excluding hydrogens is 288 g/mol. The quantitative estimate of drug-likeness (QED) is 0.796. The summed E-state index contributed by atoms with van der Waals surface area (Å²) in [6, 6.07) is 10.3. The summed E-state index contributed by atoms with van der Waals surface area (Å²) < 4.78 is 0. The van der Waals surface area contributed by atoms with Gasteiger partial charge in [0.05, 0.1) is 16.3 Å². The number of phenolic OH excluding ortho intramolecular Hbond substituents is 1. The van der Waals surface area contributed by atoms with Crippen molar-refractivity contribution in [1.29, 1.82) is 0 Å². The molecule has 0 spiro atoms. The van der Waals surface area contributed by atoms with Gasteiger partial charge in [0.1, 0.15) is 5.75 Å². The van der Waals surface area contributed by atoms with E-state index < -0.39 is 0 Å². The zero-order valence-electron chi connectivity index (χ0n) is 11.3. The molecule has 0 bridgehead atoms. The first-order valence-electron chi connectivity index (χ1n) is 6.70. The predicted octanol–water partition coefficient (Wildman–Crippen LogP) is 2.83. The highest BCUT2D eigenvalue weighted by molar-refractivity contribution is 6.33. The Kier molecular flexibility index (Phi) is 3.47. The SMILES string of the molecule is Nc1c(Cl)cccc1C(=O)N1CCc2ccc(O)cc2C1. The van der Waals surface area contributed by atoms with E-state index in [0.717, 1.165) is 17.5 Å². The highest BCUT2D eigenvalue weighted by atomic mass is 35.5. The average molecular weight is 303 g/mol. The standard InChI is InChI=1S/C16H15ClN2O2/c17-14-3-1-2-13(15(14)18)16(21)19-7-6-10-4-5-12(20)8-11(10)9-19/h1-5,8,20H,6-7,9,18H2. The van der Waals surface area contributed by atoms with Crippen LogP contribution in [0, 0.1) is 0 Å². The minimum atomic E-state index is -0.135. The van der Waals surface area contributed by atoms with Gasteiger partial charge in [-0.15, -0.1) is 0 Å². The summed E-state index contributed by atoms with van der Waals surface area (Å²) >= 11 is 5.97. The van der Waals surface area contributed by atoms with E-state index in [1.807, 2.05) is 6.07 Å². The van der Waals surface area contributed by atoms with Crippen molar-refractivity contribution >= 4 is 23.2 Å². The molecule has 0 saturated carbocycles. The van der Waals surface area contributed by atoms with Gasteiger partial charge in [0.25, 0.3) is 5.91 Å². The third kappa shape index (κ3) is 2.54. The Bertz CT molecular complexity index is 715. The van der Waals surface area contributed by atoms with E-state index in [2.05, 4.69) is 0 Å². The molecule has 1 heterocycles. The first-order chi connectivity index (χ1) is 10.1. The number of fused-ring (bicyclic) bond motifs is 1. The molecule has 2 aromatic rings. The minimum absolute atomic E-state index is 0.135. The topological polar surface area (TPSA) is 66.6 Å². The molecule has 0 aliphatic carbocycles. The largest absolute Gasteiger partial charge is 0.508 e. The number of carbonyl (C=O) groups is 1. The number of nitrogens with two attached hydrogens (primary N) is 1. The second-order valence-corrected chi connectivity index (χ2v) is 5.54. The number of rotatable bonds is 1. The lowest BCUT2D eigenvalue weighted by atomic mass is 9.98. The van der Waals surface area contributed by atoms with Crippen molar-refractivity contribution in [3.63, 3.8) is 0 Å². The Labute approximate surface area is 127 Å². The third-order valence-electron chi connectivity index (χ3n) is 3.77. The first-order valence-corrected chi connectivity index (χ1v) is 7.08. The number of para-hydroxylation sites is 1. The highest BCUT2D eigenvalue weighted by Gasteiger charge is 2.23. The van der Waals surface area contributed by atoms with Crippen molar-refractivity contribution in [2.75, 3.05) is 12.3 Å². The lowest BCUT2D eigenvalue weighted by molar-refractivity contribution is 0.0735. The van der Waals surface area contributed by atoms with Crippen molar-refractivity contribution in [2.45, 2.75) is 13.0 Å². The molecule has 0 atom stereocenters. The predicted molar refractivity (Wildman–Crippen MR) is 82.4 cm³/mol. The van der Waals surface area contributed by atoms with E-state index in [-0.39, 0.29) is 11.7 Å². The van der Waals surface area contributed by atoms with Crippen LogP contribution in [0.5, 0.6) is 5.75 Å². The van der Waals surface area contributed by atoms with Crippen LogP contribution in [0.2, 0.25) is 5.02 Å². The van der Waals surface area contributed by atoms with Crippen molar-refractivity contribution in [1.82, 2.24) is 4.90 Å². The number of hydrogen-bond acceptors (Lipinski definition) is 3. The zero-order valence-corrected chi connectivity index (χ0v) is 12.1. The Morgan fingerprint density at radius 1 is 1.24 bits per heavy atom. The number of nitrogen functional groups attached to an aromatic ring is 1. The van der Waals surface area contributed by atoms with Gasteiger partial charge in [-0.2, -0.15) is 0 Å². The second-order valence-electron chi connectivity index (χ2n) is 5.13. The fraction of sp³-hybridized carbons (Fsp3) is 0.188. The summed E-state index contributed by atoms with van der Waals surface area (Å²) in [5.74, 6) is 0.0781. The molecule has 108 valence electrons. The van der Waals surface area contributed by atoms with Crippen molar-refractivity contribution < 1.29 is 9.90 Å². The molecule has 0 radical (unpaired) electrons. The van der Waals surface area contributed by atoms with E-state index in [0.29, 0.717) is 29.4 Å². The van der Waals surface area contributed by atoms with Crippen LogP contribution in [0.25, 0.3) is 0 Å². The molecule has 1 amide bonds. The molecule has 4 nitrogen and oxygen atoms in total. The van der Waals surface area contributed by atoms with Crippen molar-refractivity contribution in [3.05, 3.63) is 58.1 Å². The minimum Gasteiger partial charge on any atom is -0.508 e. The molecule has 21 heavy (non-hydrogen) atoms. The van der Waals surface area contributed by atoms with Gasteiger partial charge in [-0.1, -0.05) is 23.7 Å².